The van der Waals surface area contributed by atoms with Crippen LogP contribution in [0.25, 0.3) is 22.3 Å². The Hall–Kier alpha value is -4.58. The molecule has 5 rings (SSSR count). The van der Waals surface area contributed by atoms with E-state index >= 15 is 0 Å². The highest BCUT2D eigenvalue weighted by atomic mass is 127. The summed E-state index contributed by atoms with van der Waals surface area (Å²) in [5.74, 6) is 0.895. The van der Waals surface area contributed by atoms with Crippen molar-refractivity contribution in [3.8, 4) is 22.9 Å². The number of nitrogens with zero attached hydrogens (tertiary/aromatic N) is 3. The molecule has 230 valence electrons. The Labute approximate surface area is 274 Å². The van der Waals surface area contributed by atoms with Crippen molar-refractivity contribution in [2.75, 3.05) is 18.5 Å². The quantitative estimate of drug-likeness (QED) is 0.119. The second-order valence-electron chi connectivity index (χ2n) is 10.6. The molecule has 10 heteroatoms. The van der Waals surface area contributed by atoms with Crippen LogP contribution in [0.2, 0.25) is 0 Å². The molecule has 4 aromatic carbocycles. The number of ether oxygens (including phenoxy) is 2. The number of benzene rings is 4. The molecule has 0 aliphatic heterocycles. The minimum absolute atomic E-state index is 0.0889. The fourth-order valence-corrected chi connectivity index (χ4v) is 5.50. The summed E-state index contributed by atoms with van der Waals surface area (Å²) in [6.45, 7) is 8.37. The molecule has 0 fully saturated rings. The van der Waals surface area contributed by atoms with Gasteiger partial charge < -0.3 is 14.8 Å². The SMILES string of the molecule is CCOc1cc(C)c(-c2nc3ccccc3c(=O)n2N=Cc2ccc(OCC(=O)Nc3ccccc3F)c(I)c2)cc1C(C)C. The molecule has 5 aromatic rings. The Morgan fingerprint density at radius 2 is 1.80 bits per heavy atom. The number of carbonyl (C=O) groups excluding carboxylic acids is 1. The molecular formula is C35H32FIN4O4. The van der Waals surface area contributed by atoms with E-state index in [4.69, 9.17) is 14.5 Å². The van der Waals surface area contributed by atoms with Crippen LogP contribution in [0.1, 0.15) is 43.4 Å². The molecule has 8 nitrogen and oxygen atoms in total. The Morgan fingerprint density at radius 1 is 1.04 bits per heavy atom. The zero-order chi connectivity index (χ0) is 32.1. The van der Waals surface area contributed by atoms with Crippen LogP contribution in [0.5, 0.6) is 11.5 Å². The smallest absolute Gasteiger partial charge is 0.282 e. The largest absolute Gasteiger partial charge is 0.494 e. The number of amides is 1. The predicted molar refractivity (Wildman–Crippen MR) is 184 cm³/mol. The van der Waals surface area contributed by atoms with Gasteiger partial charge in [-0.05, 0) is 114 Å². The molecule has 0 bridgehead atoms. The summed E-state index contributed by atoms with van der Waals surface area (Å²) >= 11 is 2.10. The lowest BCUT2D eigenvalue weighted by molar-refractivity contribution is -0.118. The fraction of sp³-hybridized carbons (Fsp3) is 0.200. The normalized spacial score (nSPS) is 11.4. The van der Waals surface area contributed by atoms with Crippen molar-refractivity contribution in [3.05, 3.63) is 115 Å². The molecule has 45 heavy (non-hydrogen) atoms. The minimum atomic E-state index is -0.522. The Kier molecular flexibility index (Phi) is 9.92. The molecule has 0 spiro atoms. The van der Waals surface area contributed by atoms with E-state index in [1.165, 1.54) is 16.8 Å². The van der Waals surface area contributed by atoms with Gasteiger partial charge in [0.25, 0.3) is 11.5 Å². The molecule has 1 aromatic heterocycles. The zero-order valence-corrected chi connectivity index (χ0v) is 27.5. The van der Waals surface area contributed by atoms with E-state index in [1.54, 1.807) is 42.6 Å². The number of hydrogen-bond acceptors (Lipinski definition) is 6. The number of aryl methyl sites for hydroxylation is 1. The van der Waals surface area contributed by atoms with Gasteiger partial charge in [0, 0.05) is 5.56 Å². The van der Waals surface area contributed by atoms with Gasteiger partial charge >= 0.3 is 0 Å². The van der Waals surface area contributed by atoms with Gasteiger partial charge in [-0.3, -0.25) is 9.59 Å². The zero-order valence-electron chi connectivity index (χ0n) is 25.3. The highest BCUT2D eigenvalue weighted by Crippen LogP contribution is 2.34. The fourth-order valence-electron chi connectivity index (χ4n) is 4.81. The number of para-hydroxylation sites is 2. The predicted octanol–water partition coefficient (Wildman–Crippen LogP) is 7.54. The highest BCUT2D eigenvalue weighted by molar-refractivity contribution is 14.1. The van der Waals surface area contributed by atoms with Gasteiger partial charge in [-0.1, -0.05) is 38.1 Å². The van der Waals surface area contributed by atoms with E-state index < -0.39 is 11.7 Å². The Balaban J connectivity index is 1.46. The van der Waals surface area contributed by atoms with Crippen LogP contribution < -0.4 is 20.3 Å². The topological polar surface area (TPSA) is 94.8 Å². The first-order valence-electron chi connectivity index (χ1n) is 14.5. The number of halogens is 2. The van der Waals surface area contributed by atoms with Crippen molar-refractivity contribution in [3.63, 3.8) is 0 Å². The maximum absolute atomic E-state index is 13.9. The van der Waals surface area contributed by atoms with Gasteiger partial charge in [0.05, 0.1) is 33.0 Å². The van der Waals surface area contributed by atoms with Gasteiger partial charge in [-0.2, -0.15) is 9.78 Å². The van der Waals surface area contributed by atoms with Gasteiger partial charge in [0.2, 0.25) is 0 Å². The summed E-state index contributed by atoms with van der Waals surface area (Å²) in [7, 11) is 0. The lowest BCUT2D eigenvalue weighted by Crippen LogP contribution is -2.21. The molecule has 0 saturated carbocycles. The maximum atomic E-state index is 13.9. The molecule has 1 N–H and O–H groups in total. The molecule has 0 unspecified atom stereocenters. The van der Waals surface area contributed by atoms with E-state index in [1.807, 2.05) is 44.2 Å². The molecule has 0 aliphatic carbocycles. The number of aromatic nitrogens is 2. The molecular weight excluding hydrogens is 686 g/mol. The van der Waals surface area contributed by atoms with Crippen molar-refractivity contribution in [1.82, 2.24) is 9.66 Å². The second kappa shape index (κ2) is 14.0. The van der Waals surface area contributed by atoms with Crippen LogP contribution in [-0.2, 0) is 4.79 Å². The van der Waals surface area contributed by atoms with Gasteiger partial charge in [0.1, 0.15) is 17.3 Å². The lowest BCUT2D eigenvalue weighted by Gasteiger charge is -2.18. The van der Waals surface area contributed by atoms with E-state index in [0.717, 1.165) is 26.0 Å². The summed E-state index contributed by atoms with van der Waals surface area (Å²) in [5, 5.41) is 7.58. The van der Waals surface area contributed by atoms with E-state index in [-0.39, 0.29) is 23.8 Å². The Bertz CT molecular complexity index is 1970. The first-order chi connectivity index (χ1) is 21.7. The Morgan fingerprint density at radius 3 is 2.53 bits per heavy atom. The molecule has 0 atom stereocenters. The van der Waals surface area contributed by atoms with Crippen LogP contribution in [0.4, 0.5) is 10.1 Å². The average Bonchev–Trinajstić information content (AvgIpc) is 3.01. The molecule has 0 aliphatic rings. The number of hydrogen-bond donors (Lipinski definition) is 1. The van der Waals surface area contributed by atoms with Crippen LogP contribution in [0.15, 0.2) is 88.8 Å². The summed E-state index contributed by atoms with van der Waals surface area (Å²) in [4.78, 5) is 31.0. The van der Waals surface area contributed by atoms with E-state index in [9.17, 15) is 14.0 Å². The minimum Gasteiger partial charge on any atom is -0.494 e. The van der Waals surface area contributed by atoms with Gasteiger partial charge in [-0.25, -0.2) is 9.37 Å². The van der Waals surface area contributed by atoms with Crippen LogP contribution in [0.3, 0.4) is 0 Å². The standard InChI is InChI=1S/C35H32FIN4O4/c1-5-44-32-16-22(4)26(18-25(32)21(2)3)34-40-29-12-8-6-10-24(29)35(43)41(34)38-19-23-14-15-31(28(37)17-23)45-20-33(42)39-30-13-9-7-11-27(30)36/h6-19,21H,5,20H2,1-4H3,(H,39,42). The number of fused-ring (bicyclic) bond motifs is 1. The van der Waals surface area contributed by atoms with E-state index in [2.05, 4.69) is 46.9 Å². The van der Waals surface area contributed by atoms with Crippen LogP contribution >= 0.6 is 22.6 Å². The summed E-state index contributed by atoms with van der Waals surface area (Å²) in [6.07, 6.45) is 1.59. The number of carbonyl (C=O) groups is 1. The lowest BCUT2D eigenvalue weighted by atomic mass is 9.96. The maximum Gasteiger partial charge on any atom is 0.282 e. The van der Waals surface area contributed by atoms with Crippen molar-refractivity contribution >= 4 is 51.3 Å². The second-order valence-corrected chi connectivity index (χ2v) is 11.8. The molecule has 0 saturated heterocycles. The third-order valence-corrected chi connectivity index (χ3v) is 7.90. The summed E-state index contributed by atoms with van der Waals surface area (Å²) in [5.41, 5.74) is 3.80. The monoisotopic (exact) mass is 718 g/mol. The van der Waals surface area contributed by atoms with Crippen molar-refractivity contribution in [1.29, 1.82) is 0 Å². The molecule has 1 heterocycles. The van der Waals surface area contributed by atoms with E-state index in [0.29, 0.717) is 34.6 Å². The number of anilines is 1. The molecule has 1 amide bonds. The summed E-state index contributed by atoms with van der Waals surface area (Å²) in [6, 6.07) is 22.5. The third-order valence-electron chi connectivity index (χ3n) is 7.06. The highest BCUT2D eigenvalue weighted by Gasteiger charge is 2.19. The first kappa shape index (κ1) is 31.8. The number of rotatable bonds is 10. The van der Waals surface area contributed by atoms with Crippen LogP contribution in [-0.4, -0.2) is 35.0 Å². The average molecular weight is 719 g/mol. The van der Waals surface area contributed by atoms with Crippen molar-refractivity contribution < 1.29 is 18.7 Å². The van der Waals surface area contributed by atoms with Crippen LogP contribution in [0, 0.1) is 16.3 Å². The van der Waals surface area contributed by atoms with Crippen molar-refractivity contribution in [2.24, 2.45) is 5.10 Å². The third kappa shape index (κ3) is 7.22. The molecule has 0 radical (unpaired) electrons. The first-order valence-corrected chi connectivity index (χ1v) is 15.5. The van der Waals surface area contributed by atoms with Crippen molar-refractivity contribution in [2.45, 2.75) is 33.6 Å². The van der Waals surface area contributed by atoms with Gasteiger partial charge in [-0.15, -0.1) is 0 Å². The van der Waals surface area contributed by atoms with Gasteiger partial charge in [0.15, 0.2) is 12.4 Å². The number of nitrogens with one attached hydrogen (secondary N) is 1. The summed E-state index contributed by atoms with van der Waals surface area (Å²) < 4.78 is 27.5.